The smallest absolute Gasteiger partial charge is 0.408 e. The number of ether oxygens (including phenoxy) is 1. The Morgan fingerprint density at radius 3 is 2.10 bits per heavy atom. The first kappa shape index (κ1) is 32.7. The standard InChI is InChI=1S/C32H47N3O5/c1-10-11-18-35(27(28(37)34-31(4,5)6)24-15-12-21(2)22(3)19-24)29(38)26(33-30(39)40-32(7,8)9)20-23-13-16-25(36)17-14-23/h12-17,19,26-27,36H,10-11,18,20H2,1-9H3,(H,33,39)(H,34,37). The molecule has 3 N–H and O–H groups in total. The molecule has 2 rings (SSSR count). The zero-order chi connectivity index (χ0) is 30.3. The molecule has 220 valence electrons. The van der Waals surface area contributed by atoms with Gasteiger partial charge in [-0.15, -0.1) is 0 Å². The SMILES string of the molecule is CCCCN(C(=O)C(Cc1ccc(O)cc1)NC(=O)OC(C)(C)C)C(C(=O)NC(C)(C)C)c1ccc(C)c(C)c1. The van der Waals surface area contributed by atoms with Gasteiger partial charge in [0, 0.05) is 18.5 Å². The summed E-state index contributed by atoms with van der Waals surface area (Å²) in [6.07, 6.45) is 0.921. The van der Waals surface area contributed by atoms with Gasteiger partial charge in [0.05, 0.1) is 0 Å². The number of hydrogen-bond acceptors (Lipinski definition) is 5. The van der Waals surface area contributed by atoms with Gasteiger partial charge in [0.25, 0.3) is 0 Å². The molecule has 2 aromatic rings. The Labute approximate surface area is 239 Å². The van der Waals surface area contributed by atoms with Crippen LogP contribution in [0.4, 0.5) is 4.79 Å². The molecule has 2 atom stereocenters. The van der Waals surface area contributed by atoms with E-state index in [1.807, 2.05) is 59.7 Å². The minimum atomic E-state index is -1.01. The van der Waals surface area contributed by atoms with Crippen molar-refractivity contribution >= 4 is 17.9 Å². The van der Waals surface area contributed by atoms with Crippen LogP contribution in [0.5, 0.6) is 5.75 Å². The maximum absolute atomic E-state index is 14.4. The molecule has 3 amide bonds. The molecular formula is C32H47N3O5. The Morgan fingerprint density at radius 2 is 1.57 bits per heavy atom. The summed E-state index contributed by atoms with van der Waals surface area (Å²) < 4.78 is 5.48. The summed E-state index contributed by atoms with van der Waals surface area (Å²) in [5, 5.41) is 15.6. The topological polar surface area (TPSA) is 108 Å². The van der Waals surface area contributed by atoms with Crippen LogP contribution in [-0.4, -0.2) is 51.6 Å². The maximum Gasteiger partial charge on any atom is 0.408 e. The van der Waals surface area contributed by atoms with Gasteiger partial charge in [-0.25, -0.2) is 4.79 Å². The molecule has 0 bridgehead atoms. The molecule has 0 saturated carbocycles. The summed E-state index contributed by atoms with van der Waals surface area (Å²) in [6.45, 7) is 17.3. The van der Waals surface area contributed by atoms with Crippen LogP contribution in [-0.2, 0) is 20.7 Å². The highest BCUT2D eigenvalue weighted by atomic mass is 16.6. The molecule has 0 aliphatic carbocycles. The number of unbranched alkanes of at least 4 members (excludes halogenated alkanes) is 1. The fraction of sp³-hybridized carbons (Fsp3) is 0.531. The first-order valence-corrected chi connectivity index (χ1v) is 14.0. The number of benzene rings is 2. The van der Waals surface area contributed by atoms with E-state index in [4.69, 9.17) is 4.74 Å². The average molecular weight is 554 g/mol. The Hall–Kier alpha value is -3.55. The zero-order valence-electron chi connectivity index (χ0n) is 25.6. The van der Waals surface area contributed by atoms with Crippen LogP contribution in [0.1, 0.15) is 89.6 Å². The minimum absolute atomic E-state index is 0.102. The Bertz CT molecular complexity index is 1160. The number of hydrogen-bond donors (Lipinski definition) is 3. The molecule has 2 unspecified atom stereocenters. The van der Waals surface area contributed by atoms with Gasteiger partial charge >= 0.3 is 6.09 Å². The molecular weight excluding hydrogens is 506 g/mol. The number of aryl methyl sites for hydroxylation is 2. The van der Waals surface area contributed by atoms with E-state index in [-0.39, 0.29) is 24.0 Å². The van der Waals surface area contributed by atoms with Crippen molar-refractivity contribution in [1.29, 1.82) is 0 Å². The number of carbonyl (C=O) groups excluding carboxylic acids is 3. The van der Waals surface area contributed by atoms with Crippen molar-refractivity contribution in [3.63, 3.8) is 0 Å². The molecule has 8 nitrogen and oxygen atoms in total. The second kappa shape index (κ2) is 13.7. The number of phenolic OH excluding ortho intramolecular Hbond substituents is 1. The maximum atomic E-state index is 14.4. The number of nitrogens with one attached hydrogen (secondary N) is 2. The summed E-state index contributed by atoms with van der Waals surface area (Å²) in [4.78, 5) is 42.7. The first-order chi connectivity index (χ1) is 18.5. The van der Waals surface area contributed by atoms with E-state index in [9.17, 15) is 19.5 Å². The number of nitrogens with zero attached hydrogens (tertiary/aromatic N) is 1. The summed E-state index contributed by atoms with van der Waals surface area (Å²) in [6, 6.07) is 10.4. The minimum Gasteiger partial charge on any atom is -0.508 e. The van der Waals surface area contributed by atoms with E-state index in [2.05, 4.69) is 10.6 Å². The Kier molecular flexibility index (Phi) is 11.2. The van der Waals surface area contributed by atoms with E-state index in [0.29, 0.717) is 18.5 Å². The number of carbonyl (C=O) groups is 3. The van der Waals surface area contributed by atoms with Crippen LogP contribution < -0.4 is 10.6 Å². The summed E-state index contributed by atoms with van der Waals surface area (Å²) >= 11 is 0. The Balaban J connectivity index is 2.60. The average Bonchev–Trinajstić information content (AvgIpc) is 2.82. The first-order valence-electron chi connectivity index (χ1n) is 14.0. The van der Waals surface area contributed by atoms with Crippen molar-refractivity contribution in [1.82, 2.24) is 15.5 Å². The van der Waals surface area contributed by atoms with Gasteiger partial charge in [-0.1, -0.05) is 43.7 Å². The van der Waals surface area contributed by atoms with E-state index < -0.39 is 29.3 Å². The molecule has 8 heteroatoms. The van der Waals surface area contributed by atoms with Crippen LogP contribution in [0.15, 0.2) is 42.5 Å². The molecule has 0 saturated heterocycles. The lowest BCUT2D eigenvalue weighted by atomic mass is 9.96. The predicted octanol–water partition coefficient (Wildman–Crippen LogP) is 5.73. The van der Waals surface area contributed by atoms with E-state index >= 15 is 0 Å². The third-order valence-corrected chi connectivity index (χ3v) is 6.31. The van der Waals surface area contributed by atoms with Gasteiger partial charge < -0.3 is 25.4 Å². The van der Waals surface area contributed by atoms with E-state index in [0.717, 1.165) is 23.1 Å². The zero-order valence-corrected chi connectivity index (χ0v) is 25.6. The highest BCUT2D eigenvalue weighted by Crippen LogP contribution is 2.27. The van der Waals surface area contributed by atoms with Crippen LogP contribution in [0.25, 0.3) is 0 Å². The van der Waals surface area contributed by atoms with Crippen molar-refractivity contribution in [3.05, 3.63) is 64.7 Å². The normalized spacial score (nSPS) is 13.2. The van der Waals surface area contributed by atoms with Gasteiger partial charge in [-0.05, 0) is 96.2 Å². The highest BCUT2D eigenvalue weighted by Gasteiger charge is 2.37. The predicted molar refractivity (Wildman–Crippen MR) is 158 cm³/mol. The van der Waals surface area contributed by atoms with Crippen molar-refractivity contribution in [2.24, 2.45) is 0 Å². The molecule has 2 aromatic carbocycles. The molecule has 0 spiro atoms. The van der Waals surface area contributed by atoms with Gasteiger partial charge in [-0.2, -0.15) is 0 Å². The van der Waals surface area contributed by atoms with Crippen molar-refractivity contribution in [3.8, 4) is 5.75 Å². The molecule has 40 heavy (non-hydrogen) atoms. The number of alkyl carbamates (subject to hydrolysis) is 1. The van der Waals surface area contributed by atoms with Crippen molar-refractivity contribution in [2.45, 2.75) is 105 Å². The van der Waals surface area contributed by atoms with Gasteiger partial charge in [0.2, 0.25) is 11.8 Å². The molecule has 0 aromatic heterocycles. The molecule has 0 heterocycles. The third kappa shape index (κ3) is 10.2. The quantitative estimate of drug-likeness (QED) is 0.348. The lowest BCUT2D eigenvalue weighted by Crippen LogP contribution is -2.55. The highest BCUT2D eigenvalue weighted by molar-refractivity contribution is 5.92. The molecule has 0 fully saturated rings. The van der Waals surface area contributed by atoms with Crippen LogP contribution >= 0.6 is 0 Å². The number of amides is 3. The van der Waals surface area contributed by atoms with Gasteiger partial charge in [-0.3, -0.25) is 9.59 Å². The second-order valence-electron chi connectivity index (χ2n) is 12.4. The van der Waals surface area contributed by atoms with E-state index in [1.54, 1.807) is 37.8 Å². The number of rotatable bonds is 10. The van der Waals surface area contributed by atoms with Crippen molar-refractivity contribution < 1.29 is 24.2 Å². The second-order valence-corrected chi connectivity index (χ2v) is 12.4. The molecule has 0 radical (unpaired) electrons. The van der Waals surface area contributed by atoms with Crippen LogP contribution in [0.3, 0.4) is 0 Å². The number of phenols is 1. The Morgan fingerprint density at radius 1 is 0.950 bits per heavy atom. The largest absolute Gasteiger partial charge is 0.508 e. The van der Waals surface area contributed by atoms with Crippen LogP contribution in [0, 0.1) is 13.8 Å². The summed E-state index contributed by atoms with van der Waals surface area (Å²) in [5.41, 5.74) is 2.27. The molecule has 0 aliphatic heterocycles. The fourth-order valence-corrected chi connectivity index (χ4v) is 4.26. The monoisotopic (exact) mass is 553 g/mol. The molecule has 0 aliphatic rings. The van der Waals surface area contributed by atoms with Crippen molar-refractivity contribution in [2.75, 3.05) is 6.54 Å². The van der Waals surface area contributed by atoms with Gasteiger partial charge in [0.1, 0.15) is 23.4 Å². The summed E-state index contributed by atoms with van der Waals surface area (Å²) in [7, 11) is 0. The third-order valence-electron chi connectivity index (χ3n) is 6.31. The van der Waals surface area contributed by atoms with E-state index in [1.165, 1.54) is 12.1 Å². The lowest BCUT2D eigenvalue weighted by molar-refractivity contribution is -0.143. The fourth-order valence-electron chi connectivity index (χ4n) is 4.26. The summed E-state index contributed by atoms with van der Waals surface area (Å²) in [5.74, 6) is -0.578. The lowest BCUT2D eigenvalue weighted by Gasteiger charge is -2.36. The van der Waals surface area contributed by atoms with Gasteiger partial charge in [0.15, 0.2) is 0 Å². The van der Waals surface area contributed by atoms with Crippen LogP contribution in [0.2, 0.25) is 0 Å². The number of aromatic hydroxyl groups is 1.